The highest BCUT2D eigenvalue weighted by molar-refractivity contribution is 7.99. The Balaban J connectivity index is 2.35. The molecule has 5 heteroatoms. The lowest BCUT2D eigenvalue weighted by Gasteiger charge is -2.35. The molecule has 1 saturated carbocycles. The summed E-state index contributed by atoms with van der Waals surface area (Å²) < 4.78 is 5.01. The maximum atomic E-state index is 11.6. The average molecular weight is 276 g/mol. The summed E-state index contributed by atoms with van der Waals surface area (Å²) in [7, 11) is 0. The lowest BCUT2D eigenvalue weighted by Crippen LogP contribution is -2.39. The zero-order valence-electron chi connectivity index (χ0n) is 11.2. The Morgan fingerprint density at radius 1 is 1.50 bits per heavy atom. The fraction of sp³-hybridized carbons (Fsp3) is 0.923. The molecule has 0 amide bonds. The molecule has 2 N–H and O–H groups in total. The Morgan fingerprint density at radius 2 is 2.11 bits per heavy atom. The minimum Gasteiger partial charge on any atom is -0.466 e. The fourth-order valence-electron chi connectivity index (χ4n) is 2.15. The van der Waals surface area contributed by atoms with E-state index < -0.39 is 5.60 Å². The SMILES string of the molecule is CCOC(=O)C1CCC(O)(CSC(C)CO)CC1. The molecule has 18 heavy (non-hydrogen) atoms. The number of ether oxygens (including phenoxy) is 1. The first-order valence-electron chi connectivity index (χ1n) is 6.62. The molecule has 1 rings (SSSR count). The summed E-state index contributed by atoms with van der Waals surface area (Å²) in [6.45, 7) is 4.30. The van der Waals surface area contributed by atoms with Crippen molar-refractivity contribution < 1.29 is 19.7 Å². The van der Waals surface area contributed by atoms with Crippen LogP contribution in [0.25, 0.3) is 0 Å². The second-order valence-electron chi connectivity index (χ2n) is 5.05. The first-order valence-corrected chi connectivity index (χ1v) is 7.67. The maximum Gasteiger partial charge on any atom is 0.308 e. The number of carbonyl (C=O) groups excluding carboxylic acids is 1. The van der Waals surface area contributed by atoms with Crippen LogP contribution in [0.5, 0.6) is 0 Å². The lowest BCUT2D eigenvalue weighted by atomic mass is 9.80. The predicted octanol–water partition coefficient (Wildman–Crippen LogP) is 1.58. The summed E-state index contributed by atoms with van der Waals surface area (Å²) >= 11 is 1.59. The summed E-state index contributed by atoms with van der Waals surface area (Å²) in [5, 5.41) is 19.5. The second kappa shape index (κ2) is 7.36. The van der Waals surface area contributed by atoms with Gasteiger partial charge >= 0.3 is 5.97 Å². The zero-order chi connectivity index (χ0) is 13.6. The van der Waals surface area contributed by atoms with Gasteiger partial charge in [-0.05, 0) is 32.6 Å². The Morgan fingerprint density at radius 3 is 2.61 bits per heavy atom. The number of hydrogen-bond donors (Lipinski definition) is 2. The highest BCUT2D eigenvalue weighted by Crippen LogP contribution is 2.35. The number of aliphatic hydroxyl groups excluding tert-OH is 1. The number of rotatable bonds is 6. The highest BCUT2D eigenvalue weighted by atomic mass is 32.2. The third-order valence-electron chi connectivity index (χ3n) is 3.43. The minimum atomic E-state index is -0.683. The van der Waals surface area contributed by atoms with Crippen LogP contribution in [-0.4, -0.2) is 46.0 Å². The quantitative estimate of drug-likeness (QED) is 0.721. The first kappa shape index (κ1) is 15.8. The molecular formula is C13H24O4S. The number of aliphatic hydroxyl groups is 2. The van der Waals surface area contributed by atoms with E-state index in [4.69, 9.17) is 9.84 Å². The molecule has 0 aromatic rings. The maximum absolute atomic E-state index is 11.6. The molecule has 0 saturated heterocycles. The topological polar surface area (TPSA) is 66.8 Å². The molecular weight excluding hydrogens is 252 g/mol. The molecule has 0 aliphatic heterocycles. The van der Waals surface area contributed by atoms with E-state index >= 15 is 0 Å². The van der Waals surface area contributed by atoms with E-state index in [9.17, 15) is 9.90 Å². The number of thioether (sulfide) groups is 1. The summed E-state index contributed by atoms with van der Waals surface area (Å²) in [5.41, 5.74) is -0.683. The van der Waals surface area contributed by atoms with Crippen LogP contribution in [0.4, 0.5) is 0 Å². The third kappa shape index (κ3) is 4.78. The molecule has 1 fully saturated rings. The highest BCUT2D eigenvalue weighted by Gasteiger charge is 2.36. The molecule has 0 aromatic carbocycles. The van der Waals surface area contributed by atoms with Gasteiger partial charge in [0.1, 0.15) is 0 Å². The van der Waals surface area contributed by atoms with E-state index in [2.05, 4.69) is 0 Å². The van der Waals surface area contributed by atoms with Crippen molar-refractivity contribution in [2.75, 3.05) is 19.0 Å². The van der Waals surface area contributed by atoms with Crippen LogP contribution in [0.3, 0.4) is 0 Å². The van der Waals surface area contributed by atoms with Crippen molar-refractivity contribution in [3.63, 3.8) is 0 Å². The van der Waals surface area contributed by atoms with Crippen LogP contribution in [0, 0.1) is 5.92 Å². The molecule has 0 bridgehead atoms. The van der Waals surface area contributed by atoms with Crippen LogP contribution in [0.1, 0.15) is 39.5 Å². The van der Waals surface area contributed by atoms with Gasteiger partial charge in [0.2, 0.25) is 0 Å². The van der Waals surface area contributed by atoms with Crippen LogP contribution in [0.2, 0.25) is 0 Å². The van der Waals surface area contributed by atoms with E-state index in [0.29, 0.717) is 38.0 Å². The largest absolute Gasteiger partial charge is 0.466 e. The average Bonchev–Trinajstić information content (AvgIpc) is 2.37. The normalized spacial score (nSPS) is 29.9. The van der Waals surface area contributed by atoms with E-state index in [-0.39, 0.29) is 23.7 Å². The van der Waals surface area contributed by atoms with Crippen molar-refractivity contribution in [1.29, 1.82) is 0 Å². The molecule has 1 atom stereocenters. The molecule has 0 radical (unpaired) electrons. The van der Waals surface area contributed by atoms with Gasteiger partial charge in [-0.1, -0.05) is 6.92 Å². The molecule has 0 aromatic heterocycles. The molecule has 1 aliphatic rings. The number of hydrogen-bond acceptors (Lipinski definition) is 5. The Kier molecular flexibility index (Phi) is 6.46. The summed E-state index contributed by atoms with van der Waals surface area (Å²) in [4.78, 5) is 11.6. The fourth-order valence-corrected chi connectivity index (χ4v) is 3.13. The van der Waals surface area contributed by atoms with Crippen LogP contribution < -0.4 is 0 Å². The second-order valence-corrected chi connectivity index (χ2v) is 6.48. The van der Waals surface area contributed by atoms with Crippen molar-refractivity contribution >= 4 is 17.7 Å². The van der Waals surface area contributed by atoms with Crippen molar-refractivity contribution in [2.24, 2.45) is 5.92 Å². The third-order valence-corrected chi connectivity index (χ3v) is 4.85. The zero-order valence-corrected chi connectivity index (χ0v) is 12.0. The van der Waals surface area contributed by atoms with Crippen molar-refractivity contribution in [3.8, 4) is 0 Å². The molecule has 1 unspecified atom stereocenters. The van der Waals surface area contributed by atoms with Gasteiger partial charge in [-0.3, -0.25) is 4.79 Å². The summed E-state index contributed by atoms with van der Waals surface area (Å²) in [5.74, 6) is 0.450. The summed E-state index contributed by atoms with van der Waals surface area (Å²) in [6.07, 6.45) is 2.68. The predicted molar refractivity (Wildman–Crippen MR) is 72.5 cm³/mol. The molecule has 0 spiro atoms. The van der Waals surface area contributed by atoms with E-state index in [0.717, 1.165) is 0 Å². The summed E-state index contributed by atoms with van der Waals surface area (Å²) in [6, 6.07) is 0. The van der Waals surface area contributed by atoms with Gasteiger partial charge in [-0.2, -0.15) is 11.8 Å². The molecule has 106 valence electrons. The Bertz CT molecular complexity index is 262. The minimum absolute atomic E-state index is 0.0505. The number of esters is 1. The van der Waals surface area contributed by atoms with Crippen LogP contribution >= 0.6 is 11.8 Å². The van der Waals surface area contributed by atoms with Crippen molar-refractivity contribution in [1.82, 2.24) is 0 Å². The first-order chi connectivity index (χ1) is 8.50. The van der Waals surface area contributed by atoms with E-state index in [1.54, 1.807) is 11.8 Å². The molecule has 1 aliphatic carbocycles. The smallest absolute Gasteiger partial charge is 0.308 e. The van der Waals surface area contributed by atoms with Gasteiger partial charge in [0.25, 0.3) is 0 Å². The van der Waals surface area contributed by atoms with Gasteiger partial charge in [0.05, 0.1) is 24.7 Å². The molecule has 0 heterocycles. The standard InChI is InChI=1S/C13H24O4S/c1-3-17-12(15)11-4-6-13(16,7-5-11)9-18-10(2)8-14/h10-11,14,16H,3-9H2,1-2H3. The number of carbonyl (C=O) groups is 1. The van der Waals surface area contributed by atoms with Gasteiger partial charge < -0.3 is 14.9 Å². The monoisotopic (exact) mass is 276 g/mol. The lowest BCUT2D eigenvalue weighted by molar-refractivity contribution is -0.150. The Hall–Kier alpha value is -0.260. The van der Waals surface area contributed by atoms with E-state index in [1.165, 1.54) is 0 Å². The Labute approximate surface area is 113 Å². The van der Waals surface area contributed by atoms with Crippen molar-refractivity contribution in [3.05, 3.63) is 0 Å². The van der Waals surface area contributed by atoms with Crippen LogP contribution in [0.15, 0.2) is 0 Å². The van der Waals surface area contributed by atoms with Gasteiger partial charge in [0, 0.05) is 11.0 Å². The van der Waals surface area contributed by atoms with Crippen LogP contribution in [-0.2, 0) is 9.53 Å². The van der Waals surface area contributed by atoms with Gasteiger partial charge in [-0.25, -0.2) is 0 Å². The molecule has 4 nitrogen and oxygen atoms in total. The van der Waals surface area contributed by atoms with Crippen molar-refractivity contribution in [2.45, 2.75) is 50.4 Å². The van der Waals surface area contributed by atoms with E-state index in [1.807, 2.05) is 13.8 Å². The van der Waals surface area contributed by atoms with Gasteiger partial charge in [0.15, 0.2) is 0 Å². The van der Waals surface area contributed by atoms with Gasteiger partial charge in [-0.15, -0.1) is 0 Å².